The smallest absolute Gasteiger partial charge is 0.222 e. The van der Waals surface area contributed by atoms with E-state index in [1.54, 1.807) is 6.07 Å². The predicted octanol–water partition coefficient (Wildman–Crippen LogP) is 6.81. The van der Waals surface area contributed by atoms with Gasteiger partial charge in [0, 0.05) is 38.2 Å². The molecule has 1 fully saturated rings. The van der Waals surface area contributed by atoms with Crippen molar-refractivity contribution in [2.24, 2.45) is 68.5 Å². The third-order valence-corrected chi connectivity index (χ3v) is 7.37. The van der Waals surface area contributed by atoms with Gasteiger partial charge < -0.3 is 16.0 Å². The van der Waals surface area contributed by atoms with E-state index in [4.69, 9.17) is 23.0 Å². The van der Waals surface area contributed by atoms with E-state index in [9.17, 15) is 14.0 Å². The van der Waals surface area contributed by atoms with Crippen molar-refractivity contribution in [3.63, 3.8) is 0 Å². The number of nitrogens with two attached hydrogens (primary N) is 1. The molecule has 0 bridgehead atoms. The highest BCUT2D eigenvalue weighted by Crippen LogP contribution is 2.32. The van der Waals surface area contributed by atoms with Gasteiger partial charge in [-0.25, -0.2) is 9.37 Å². The average molecular weight is 657 g/mol. The number of piperidine rings is 1. The van der Waals surface area contributed by atoms with Crippen LogP contribution in [0.2, 0.25) is 0 Å². The van der Waals surface area contributed by atoms with Crippen LogP contribution < -0.4 is 11.1 Å². The number of carbonyl (C=O) groups excluding carboxylic acids is 2. The zero-order valence-electron chi connectivity index (χ0n) is 24.9. The van der Waals surface area contributed by atoms with Crippen LogP contribution in [0.4, 0.5) is 10.2 Å². The fourth-order valence-corrected chi connectivity index (χ4v) is 5.25. The van der Waals surface area contributed by atoms with Gasteiger partial charge in [0.2, 0.25) is 11.8 Å². The summed E-state index contributed by atoms with van der Waals surface area (Å²) in [6.07, 6.45) is 6.06. The number of aryl methyl sites for hydroxylation is 2. The lowest BCUT2D eigenvalue weighted by Crippen LogP contribution is -2.39. The minimum Gasteiger partial charge on any atom is -0.370 e. The molecule has 20 heteroatoms. The standard InChI is InChI=1S/C26H33FN4O2.ClHN12/c27-22-5-1-3-20(16-22)21(17-24(28)32)15-18-10-13-31(14-11-18)25(33)9-8-23-7-6-19-4-2-12-29-26(19)30-23;1-3-5-7-9-11-13-12-10-8-6-4-2/h1,3,5-7,16,18,21H,2,4,8-15,17H2,(H2,28,32)(H,29,30);2H/b;4-2?,5-3?,8-6+,9-7+,12-10+,13-11+. The number of fused-ring (bicyclic) bond motifs is 1. The Labute approximate surface area is 268 Å². The first-order valence-corrected chi connectivity index (χ1v) is 14.7. The third kappa shape index (κ3) is 12.9. The number of nitrogens with zero attached hydrogens (tertiary/aromatic N) is 13. The van der Waals surface area contributed by atoms with Crippen molar-refractivity contribution in [1.82, 2.24) is 9.88 Å². The molecular formula is C26H34ClFN16O2. The van der Waals surface area contributed by atoms with Crippen LogP contribution in [0.5, 0.6) is 0 Å². The fourth-order valence-electron chi connectivity index (χ4n) is 5.22. The molecule has 1 saturated heterocycles. The number of aromatic nitrogens is 1. The van der Waals surface area contributed by atoms with E-state index < -0.39 is 0 Å². The Kier molecular flexibility index (Phi) is 15.4. The number of amides is 2. The van der Waals surface area contributed by atoms with Gasteiger partial charge in [0.15, 0.2) is 0 Å². The van der Waals surface area contributed by atoms with Crippen LogP contribution in [0.1, 0.15) is 61.3 Å². The lowest BCUT2D eigenvalue weighted by molar-refractivity contribution is -0.132. The first-order valence-electron chi connectivity index (χ1n) is 14.4. The number of hydrogen-bond acceptors (Lipinski definition) is 6. The Morgan fingerprint density at radius 1 is 1.04 bits per heavy atom. The zero-order valence-corrected chi connectivity index (χ0v) is 25.6. The molecule has 2 aliphatic rings. The topological polar surface area (TPSA) is 248 Å². The Balaban J connectivity index is 0.000000376. The van der Waals surface area contributed by atoms with Crippen molar-refractivity contribution in [3.8, 4) is 0 Å². The number of nitrogens with one attached hydrogen (secondary N) is 2. The highest BCUT2D eigenvalue weighted by molar-refractivity contribution is 6.13. The largest absolute Gasteiger partial charge is 0.370 e. The molecule has 0 aliphatic carbocycles. The van der Waals surface area contributed by atoms with E-state index in [1.165, 1.54) is 17.7 Å². The molecule has 1 aromatic heterocycles. The van der Waals surface area contributed by atoms with E-state index >= 15 is 0 Å². The second-order valence-corrected chi connectivity index (χ2v) is 10.5. The highest BCUT2D eigenvalue weighted by Gasteiger charge is 2.26. The first-order chi connectivity index (χ1) is 22.4. The van der Waals surface area contributed by atoms with Crippen LogP contribution in [0.25, 0.3) is 0 Å². The Hall–Kier alpha value is -5.07. The van der Waals surface area contributed by atoms with Gasteiger partial charge in [0.1, 0.15) is 11.6 Å². The Bertz CT molecular complexity index is 1440. The molecule has 244 valence electrons. The summed E-state index contributed by atoms with van der Waals surface area (Å²) in [6, 6.07) is 10.6. The summed E-state index contributed by atoms with van der Waals surface area (Å²) in [5, 5.41) is 31.9. The highest BCUT2D eigenvalue weighted by atomic mass is 35.5. The van der Waals surface area contributed by atoms with Crippen LogP contribution in [-0.2, 0) is 22.4 Å². The number of anilines is 1. The molecule has 18 nitrogen and oxygen atoms in total. The number of halogens is 2. The summed E-state index contributed by atoms with van der Waals surface area (Å²) in [7, 11) is 0. The molecular weight excluding hydrogens is 623 g/mol. The molecule has 0 radical (unpaired) electrons. The molecule has 2 amide bonds. The van der Waals surface area contributed by atoms with Gasteiger partial charge >= 0.3 is 0 Å². The van der Waals surface area contributed by atoms with Gasteiger partial charge in [-0.2, -0.15) is 5.53 Å². The zero-order chi connectivity index (χ0) is 33.0. The van der Waals surface area contributed by atoms with Crippen molar-refractivity contribution in [2.75, 3.05) is 25.0 Å². The molecule has 0 saturated carbocycles. The second-order valence-electron chi connectivity index (χ2n) is 10.3. The molecule has 1 atom stereocenters. The molecule has 46 heavy (non-hydrogen) atoms. The fraction of sp³-hybridized carbons (Fsp3) is 0.500. The van der Waals surface area contributed by atoms with Gasteiger partial charge in [-0.1, -0.05) is 22.8 Å². The summed E-state index contributed by atoms with van der Waals surface area (Å²) in [6.45, 7) is 2.39. The molecule has 2 aromatic rings. The Morgan fingerprint density at radius 3 is 2.39 bits per heavy atom. The van der Waals surface area contributed by atoms with E-state index in [0.717, 1.165) is 68.8 Å². The molecule has 2 aliphatic heterocycles. The molecule has 3 heterocycles. The van der Waals surface area contributed by atoms with Crippen molar-refractivity contribution < 1.29 is 14.0 Å². The summed E-state index contributed by atoms with van der Waals surface area (Å²) in [5.74, 6) is 0.759. The van der Waals surface area contributed by atoms with Gasteiger partial charge in [-0.05, 0) is 132 Å². The number of primary amides is 1. The normalized spacial score (nSPS) is 16.1. The minimum absolute atomic E-state index is 0.0888. The van der Waals surface area contributed by atoms with E-state index in [1.807, 2.05) is 17.0 Å². The lowest BCUT2D eigenvalue weighted by atomic mass is 9.82. The van der Waals surface area contributed by atoms with E-state index in [-0.39, 0.29) is 30.0 Å². The maximum atomic E-state index is 13.7. The number of likely N-dealkylation sites (tertiary alicyclic amines) is 1. The SMILES string of the molecule is N=N/N=N/N=N/N=N/N=N/N=NCl.NC(=O)CC(CC1CCN(C(=O)CCc2ccc3c(n2)NCCC3)CC1)c1cccc(F)c1. The number of carbonyl (C=O) groups is 2. The van der Waals surface area contributed by atoms with Crippen molar-refractivity contribution in [3.05, 3.63) is 59.0 Å². The maximum absolute atomic E-state index is 13.7. The quantitative estimate of drug-likeness (QED) is 0.155. The number of rotatable bonds is 13. The number of benzene rings is 1. The first kappa shape index (κ1) is 35.4. The third-order valence-electron chi connectivity index (χ3n) is 7.30. The summed E-state index contributed by atoms with van der Waals surface area (Å²) < 4.78 is 16.4. The monoisotopic (exact) mass is 656 g/mol. The van der Waals surface area contributed by atoms with Crippen molar-refractivity contribution in [1.29, 1.82) is 5.53 Å². The molecule has 1 aromatic carbocycles. The molecule has 4 rings (SSSR count). The number of pyridine rings is 1. The van der Waals surface area contributed by atoms with E-state index in [2.05, 4.69) is 73.2 Å². The van der Waals surface area contributed by atoms with Crippen LogP contribution in [-0.4, -0.2) is 41.3 Å². The predicted molar refractivity (Wildman–Crippen MR) is 162 cm³/mol. The maximum Gasteiger partial charge on any atom is 0.222 e. The van der Waals surface area contributed by atoms with Crippen LogP contribution in [0.3, 0.4) is 0 Å². The van der Waals surface area contributed by atoms with E-state index in [0.29, 0.717) is 18.8 Å². The van der Waals surface area contributed by atoms with Gasteiger partial charge in [0.25, 0.3) is 0 Å². The van der Waals surface area contributed by atoms with Gasteiger partial charge in [0.05, 0.1) is 11.8 Å². The van der Waals surface area contributed by atoms with Crippen LogP contribution in [0.15, 0.2) is 93.3 Å². The summed E-state index contributed by atoms with van der Waals surface area (Å²) in [5.41, 5.74) is 14.6. The molecule has 0 spiro atoms. The van der Waals surface area contributed by atoms with Crippen LogP contribution in [0, 0.1) is 17.3 Å². The average Bonchev–Trinajstić information content (AvgIpc) is 3.06. The molecule has 1 unspecified atom stereocenters. The van der Waals surface area contributed by atoms with Crippen LogP contribution >= 0.6 is 11.8 Å². The molecule has 4 N–H and O–H groups in total. The second kappa shape index (κ2) is 20.1. The van der Waals surface area contributed by atoms with Crippen molar-refractivity contribution >= 4 is 29.4 Å². The van der Waals surface area contributed by atoms with Gasteiger partial charge in [-0.15, -0.1) is 0 Å². The van der Waals surface area contributed by atoms with Crippen molar-refractivity contribution in [2.45, 2.75) is 57.3 Å². The Morgan fingerprint density at radius 2 is 1.74 bits per heavy atom. The lowest BCUT2D eigenvalue weighted by Gasteiger charge is -2.34. The minimum atomic E-state index is -0.372. The summed E-state index contributed by atoms with van der Waals surface area (Å²) >= 11 is 4.73. The van der Waals surface area contributed by atoms with Gasteiger partial charge in [-0.3, -0.25) is 9.59 Å². The number of hydrogen-bond donors (Lipinski definition) is 3. The summed E-state index contributed by atoms with van der Waals surface area (Å²) in [4.78, 5) is 31.0.